The Bertz CT molecular complexity index is 266. The van der Waals surface area contributed by atoms with Crippen molar-refractivity contribution in [3.8, 4) is 12.3 Å². The average molecular weight is 174 g/mol. The molecule has 0 spiro atoms. The summed E-state index contributed by atoms with van der Waals surface area (Å²) in [5.74, 6) is 2.64. The first-order chi connectivity index (χ1) is 6.34. The summed E-state index contributed by atoms with van der Waals surface area (Å²) in [6.45, 7) is 6.12. The average Bonchev–Trinajstić information content (AvgIpc) is 2.20. The molecule has 1 aromatic carbocycles. The van der Waals surface area contributed by atoms with Gasteiger partial charge in [-0.2, -0.15) is 0 Å². The summed E-state index contributed by atoms with van der Waals surface area (Å²) in [5, 5.41) is 0. The van der Waals surface area contributed by atoms with Crippen LogP contribution < -0.4 is 0 Å². The fraction of sp³-hybridized carbons (Fsp3) is 0.385. The largest absolute Gasteiger partial charge is 0.120 e. The Labute approximate surface area is 82.0 Å². The van der Waals surface area contributed by atoms with Crippen molar-refractivity contribution in [3.63, 3.8) is 0 Å². The van der Waals surface area contributed by atoms with Gasteiger partial charge >= 0.3 is 0 Å². The molecule has 0 saturated carbocycles. The number of hydrogen-bond donors (Lipinski definition) is 0. The van der Waals surface area contributed by atoms with Crippen LogP contribution in [0.1, 0.15) is 31.4 Å². The number of benzene rings is 1. The number of rotatable bonds is 2. The molecule has 1 aromatic rings. The quantitative estimate of drug-likeness (QED) is 0.601. The highest BCUT2D eigenvalue weighted by Crippen LogP contribution is 2.08. The van der Waals surface area contributed by atoms with Gasteiger partial charge in [-0.25, -0.2) is 0 Å². The van der Waals surface area contributed by atoms with Crippen LogP contribution in [0.15, 0.2) is 24.3 Å². The highest BCUT2D eigenvalue weighted by atomic mass is 14.0. The molecule has 0 N–H and O–H groups in total. The Hall–Kier alpha value is -1.22. The molecule has 13 heavy (non-hydrogen) atoms. The summed E-state index contributed by atoms with van der Waals surface area (Å²) in [5.41, 5.74) is 2.70. The van der Waals surface area contributed by atoms with Crippen molar-refractivity contribution in [3.05, 3.63) is 35.4 Å². The zero-order valence-electron chi connectivity index (χ0n) is 8.80. The van der Waals surface area contributed by atoms with E-state index in [1.165, 1.54) is 11.1 Å². The summed E-state index contributed by atoms with van der Waals surface area (Å²) >= 11 is 0. The maximum atomic E-state index is 5.18. The van der Waals surface area contributed by atoms with Crippen LogP contribution in [0, 0.1) is 19.3 Å². The van der Waals surface area contributed by atoms with Crippen molar-refractivity contribution in [2.24, 2.45) is 0 Å². The molecule has 0 bridgehead atoms. The van der Waals surface area contributed by atoms with Crippen LogP contribution in [0.5, 0.6) is 0 Å². The Morgan fingerprint density at radius 3 is 2.38 bits per heavy atom. The first-order valence-electron chi connectivity index (χ1n) is 4.82. The minimum atomic E-state index is 0.838. The standard InChI is InChI=1S/C11H12.C2H6/c1-3-4-8-11-9-6-5-7-10(11)2;1-2/h1,5-7,9H,4,8H2,2H3;1-2H3. The van der Waals surface area contributed by atoms with Crippen LogP contribution in [0.25, 0.3) is 0 Å². The third-order valence-corrected chi connectivity index (χ3v) is 1.80. The zero-order chi connectivity index (χ0) is 10.1. The molecule has 0 unspecified atom stereocenters. The molecular formula is C13H18. The topological polar surface area (TPSA) is 0 Å². The lowest BCUT2D eigenvalue weighted by atomic mass is 10.0. The molecule has 0 aliphatic rings. The van der Waals surface area contributed by atoms with Gasteiger partial charge in [0.25, 0.3) is 0 Å². The number of aryl methyl sites for hydroxylation is 2. The third-order valence-electron chi connectivity index (χ3n) is 1.80. The fourth-order valence-corrected chi connectivity index (χ4v) is 1.10. The van der Waals surface area contributed by atoms with Crippen molar-refractivity contribution in [1.82, 2.24) is 0 Å². The highest BCUT2D eigenvalue weighted by molar-refractivity contribution is 5.26. The van der Waals surface area contributed by atoms with Crippen LogP contribution in [0.4, 0.5) is 0 Å². The molecule has 0 aliphatic heterocycles. The summed E-state index contributed by atoms with van der Waals surface area (Å²) in [6.07, 6.45) is 7.02. The monoisotopic (exact) mass is 174 g/mol. The maximum Gasteiger partial charge on any atom is 0.0127 e. The first-order valence-corrected chi connectivity index (χ1v) is 4.82. The Kier molecular flexibility index (Phi) is 6.73. The second-order valence-electron chi connectivity index (χ2n) is 2.63. The van der Waals surface area contributed by atoms with Gasteiger partial charge in [-0.15, -0.1) is 12.3 Å². The van der Waals surface area contributed by atoms with Crippen molar-refractivity contribution in [2.45, 2.75) is 33.6 Å². The van der Waals surface area contributed by atoms with Gasteiger partial charge in [-0.05, 0) is 24.5 Å². The predicted octanol–water partition coefficient (Wildman–Crippen LogP) is 3.59. The molecule has 0 amide bonds. The molecule has 0 aliphatic carbocycles. The second kappa shape index (κ2) is 7.43. The molecule has 0 atom stereocenters. The van der Waals surface area contributed by atoms with E-state index in [0.717, 1.165) is 12.8 Å². The van der Waals surface area contributed by atoms with E-state index in [1.807, 2.05) is 13.8 Å². The van der Waals surface area contributed by atoms with Crippen molar-refractivity contribution >= 4 is 0 Å². The molecule has 0 fully saturated rings. The van der Waals surface area contributed by atoms with E-state index in [4.69, 9.17) is 6.42 Å². The molecule has 0 heteroatoms. The lowest BCUT2D eigenvalue weighted by Crippen LogP contribution is -1.86. The Morgan fingerprint density at radius 2 is 1.85 bits per heavy atom. The van der Waals surface area contributed by atoms with Crippen LogP contribution in [0.3, 0.4) is 0 Å². The van der Waals surface area contributed by atoms with Gasteiger partial charge in [0, 0.05) is 6.42 Å². The molecule has 0 radical (unpaired) electrons. The molecule has 1 rings (SSSR count). The van der Waals surface area contributed by atoms with E-state index < -0.39 is 0 Å². The van der Waals surface area contributed by atoms with Crippen LogP contribution >= 0.6 is 0 Å². The second-order valence-corrected chi connectivity index (χ2v) is 2.63. The fourth-order valence-electron chi connectivity index (χ4n) is 1.10. The van der Waals surface area contributed by atoms with Crippen LogP contribution in [0.2, 0.25) is 0 Å². The van der Waals surface area contributed by atoms with Crippen molar-refractivity contribution in [1.29, 1.82) is 0 Å². The summed E-state index contributed by atoms with van der Waals surface area (Å²) < 4.78 is 0. The van der Waals surface area contributed by atoms with E-state index >= 15 is 0 Å². The lowest BCUT2D eigenvalue weighted by Gasteiger charge is -2.00. The van der Waals surface area contributed by atoms with E-state index in [2.05, 4.69) is 37.1 Å². The number of terminal acetylenes is 1. The minimum Gasteiger partial charge on any atom is -0.120 e. The van der Waals surface area contributed by atoms with Crippen LogP contribution in [-0.2, 0) is 6.42 Å². The van der Waals surface area contributed by atoms with Gasteiger partial charge in [0.05, 0.1) is 0 Å². The van der Waals surface area contributed by atoms with Crippen LogP contribution in [-0.4, -0.2) is 0 Å². The first kappa shape index (κ1) is 11.8. The minimum absolute atomic E-state index is 0.838. The van der Waals surface area contributed by atoms with Gasteiger partial charge in [0.15, 0.2) is 0 Å². The molecular weight excluding hydrogens is 156 g/mol. The van der Waals surface area contributed by atoms with Gasteiger partial charge < -0.3 is 0 Å². The van der Waals surface area contributed by atoms with Gasteiger partial charge in [0.2, 0.25) is 0 Å². The summed E-state index contributed by atoms with van der Waals surface area (Å²) in [7, 11) is 0. The molecule has 0 nitrogen and oxygen atoms in total. The van der Waals surface area contributed by atoms with Crippen molar-refractivity contribution < 1.29 is 0 Å². The van der Waals surface area contributed by atoms with E-state index in [1.54, 1.807) is 0 Å². The SMILES string of the molecule is C#CCCc1ccccc1C.CC. The smallest absolute Gasteiger partial charge is 0.0127 e. The highest BCUT2D eigenvalue weighted by Gasteiger charge is 1.93. The molecule has 0 heterocycles. The van der Waals surface area contributed by atoms with E-state index in [0.29, 0.717) is 0 Å². The lowest BCUT2D eigenvalue weighted by molar-refractivity contribution is 1.01. The van der Waals surface area contributed by atoms with E-state index in [9.17, 15) is 0 Å². The third kappa shape index (κ3) is 4.38. The molecule has 0 saturated heterocycles. The Morgan fingerprint density at radius 1 is 1.23 bits per heavy atom. The summed E-state index contributed by atoms with van der Waals surface area (Å²) in [6, 6.07) is 8.35. The number of hydrogen-bond acceptors (Lipinski definition) is 0. The zero-order valence-corrected chi connectivity index (χ0v) is 8.80. The molecule has 0 aromatic heterocycles. The van der Waals surface area contributed by atoms with Crippen molar-refractivity contribution in [2.75, 3.05) is 0 Å². The predicted molar refractivity (Wildman–Crippen MR) is 59.7 cm³/mol. The summed E-state index contributed by atoms with van der Waals surface area (Å²) in [4.78, 5) is 0. The van der Waals surface area contributed by atoms with Gasteiger partial charge in [0.1, 0.15) is 0 Å². The van der Waals surface area contributed by atoms with Gasteiger partial charge in [-0.1, -0.05) is 38.1 Å². The van der Waals surface area contributed by atoms with Gasteiger partial charge in [-0.3, -0.25) is 0 Å². The molecule has 70 valence electrons. The Balaban J connectivity index is 0.000000671. The van der Waals surface area contributed by atoms with E-state index in [-0.39, 0.29) is 0 Å². The maximum absolute atomic E-state index is 5.18. The normalized spacial score (nSPS) is 8.15.